The van der Waals surface area contributed by atoms with Crippen molar-refractivity contribution in [3.63, 3.8) is 0 Å². The fourth-order valence-corrected chi connectivity index (χ4v) is 2.96. The first kappa shape index (κ1) is 17.0. The molecule has 0 spiro atoms. The number of guanidine groups is 1. The third-order valence-corrected chi connectivity index (χ3v) is 4.13. The van der Waals surface area contributed by atoms with E-state index in [1.807, 2.05) is 30.5 Å². The van der Waals surface area contributed by atoms with Crippen LogP contribution < -0.4 is 5.73 Å². The van der Waals surface area contributed by atoms with E-state index in [-0.39, 0.29) is 24.0 Å². The number of para-hydroxylation sites is 1. The zero-order chi connectivity index (χ0) is 14.7. The summed E-state index contributed by atoms with van der Waals surface area (Å²) in [6.45, 7) is 4.93. The second-order valence-electron chi connectivity index (χ2n) is 5.86. The molecule has 22 heavy (non-hydrogen) atoms. The third-order valence-electron chi connectivity index (χ3n) is 4.13. The van der Waals surface area contributed by atoms with Crippen LogP contribution in [0, 0.1) is 5.92 Å². The highest BCUT2D eigenvalue weighted by molar-refractivity contribution is 14.0. The number of nitrogens with zero attached hydrogens (tertiary/aromatic N) is 3. The van der Waals surface area contributed by atoms with Crippen molar-refractivity contribution in [2.75, 3.05) is 13.1 Å². The Morgan fingerprint density at radius 3 is 3.00 bits per heavy atom. The monoisotopic (exact) mass is 410 g/mol. The van der Waals surface area contributed by atoms with Crippen LogP contribution in [0.25, 0.3) is 10.9 Å². The molecule has 1 aromatic carbocycles. The molecule has 0 radical (unpaired) electrons. The maximum absolute atomic E-state index is 6.16. The second kappa shape index (κ2) is 7.76. The van der Waals surface area contributed by atoms with E-state index >= 15 is 0 Å². The van der Waals surface area contributed by atoms with Crippen molar-refractivity contribution in [2.24, 2.45) is 16.6 Å². The molecule has 1 atom stereocenters. The van der Waals surface area contributed by atoms with Gasteiger partial charge in [0.05, 0.1) is 12.1 Å². The number of pyridine rings is 1. The number of rotatable bonds is 2. The molecule has 2 aromatic rings. The summed E-state index contributed by atoms with van der Waals surface area (Å²) in [4.78, 5) is 11.2. The van der Waals surface area contributed by atoms with E-state index in [9.17, 15) is 0 Å². The molecular formula is C17H23IN4. The van der Waals surface area contributed by atoms with E-state index in [2.05, 4.69) is 27.9 Å². The van der Waals surface area contributed by atoms with E-state index < -0.39 is 0 Å². The lowest BCUT2D eigenvalue weighted by Crippen LogP contribution is -2.43. The van der Waals surface area contributed by atoms with Crippen molar-refractivity contribution < 1.29 is 0 Å². The molecule has 3 rings (SSSR count). The molecule has 0 aliphatic carbocycles. The summed E-state index contributed by atoms with van der Waals surface area (Å²) < 4.78 is 0. The normalized spacial score (nSPS) is 19.0. The lowest BCUT2D eigenvalue weighted by Gasteiger charge is -2.31. The maximum atomic E-state index is 6.16. The molecule has 1 aromatic heterocycles. The summed E-state index contributed by atoms with van der Waals surface area (Å²) >= 11 is 0. The molecule has 1 fully saturated rings. The van der Waals surface area contributed by atoms with Gasteiger partial charge in [0.15, 0.2) is 5.96 Å². The largest absolute Gasteiger partial charge is 0.370 e. The molecule has 0 saturated carbocycles. The number of halogens is 1. The van der Waals surface area contributed by atoms with E-state index in [1.165, 1.54) is 18.4 Å². The van der Waals surface area contributed by atoms with Crippen molar-refractivity contribution in [1.29, 1.82) is 0 Å². The summed E-state index contributed by atoms with van der Waals surface area (Å²) in [5, 5.41) is 1.16. The number of benzene rings is 1. The molecule has 0 bridgehead atoms. The third kappa shape index (κ3) is 3.88. The van der Waals surface area contributed by atoms with E-state index in [4.69, 9.17) is 5.73 Å². The highest BCUT2D eigenvalue weighted by atomic mass is 127. The molecule has 1 aliphatic rings. The molecule has 1 saturated heterocycles. The molecular weight excluding hydrogens is 387 g/mol. The number of hydrogen-bond donors (Lipinski definition) is 1. The number of fused-ring (bicyclic) bond motifs is 1. The zero-order valence-electron chi connectivity index (χ0n) is 12.9. The molecule has 0 amide bonds. The fourth-order valence-electron chi connectivity index (χ4n) is 2.96. The van der Waals surface area contributed by atoms with Crippen molar-refractivity contribution in [1.82, 2.24) is 9.88 Å². The fraction of sp³-hybridized carbons (Fsp3) is 0.412. The van der Waals surface area contributed by atoms with Gasteiger partial charge in [0.2, 0.25) is 0 Å². The highest BCUT2D eigenvalue weighted by Gasteiger charge is 2.17. The van der Waals surface area contributed by atoms with E-state index in [0.29, 0.717) is 18.4 Å². The molecule has 4 nitrogen and oxygen atoms in total. The van der Waals surface area contributed by atoms with E-state index in [1.54, 1.807) is 0 Å². The van der Waals surface area contributed by atoms with Crippen molar-refractivity contribution in [2.45, 2.75) is 26.3 Å². The van der Waals surface area contributed by atoms with Crippen LogP contribution in [0.2, 0.25) is 0 Å². The van der Waals surface area contributed by atoms with Gasteiger partial charge in [0.25, 0.3) is 0 Å². The Bertz CT molecular complexity index is 651. The van der Waals surface area contributed by atoms with Crippen LogP contribution in [0.5, 0.6) is 0 Å². The first-order valence-corrected chi connectivity index (χ1v) is 7.61. The number of piperidine rings is 1. The minimum absolute atomic E-state index is 0. The Morgan fingerprint density at radius 1 is 1.36 bits per heavy atom. The SMILES string of the molecule is CC1CCCN(C(N)=NCc2ccnc3ccccc23)C1.I. The van der Waals surface area contributed by atoms with Crippen LogP contribution in [0.15, 0.2) is 41.5 Å². The Balaban J connectivity index is 0.00000176. The number of hydrogen-bond acceptors (Lipinski definition) is 2. The predicted octanol–water partition coefficient (Wildman–Crippen LogP) is 3.40. The van der Waals surface area contributed by atoms with Crippen LogP contribution in [0.1, 0.15) is 25.3 Å². The van der Waals surface area contributed by atoms with Gasteiger partial charge in [-0.1, -0.05) is 25.1 Å². The Labute approximate surface area is 148 Å². The standard InChI is InChI=1S/C17H22N4.HI/c1-13-5-4-10-21(12-13)17(18)20-11-14-8-9-19-16-7-3-2-6-15(14)16;/h2-3,6-9,13H,4-5,10-12H2,1H3,(H2,18,20);1H. The first-order valence-electron chi connectivity index (χ1n) is 7.61. The van der Waals surface area contributed by atoms with Crippen LogP contribution in [0.3, 0.4) is 0 Å². The molecule has 5 heteroatoms. The minimum Gasteiger partial charge on any atom is -0.370 e. The zero-order valence-corrected chi connectivity index (χ0v) is 15.2. The Kier molecular flexibility index (Phi) is 5.99. The summed E-state index contributed by atoms with van der Waals surface area (Å²) in [5.41, 5.74) is 8.35. The number of nitrogens with two attached hydrogens (primary N) is 1. The molecule has 2 N–H and O–H groups in total. The summed E-state index contributed by atoms with van der Waals surface area (Å²) in [6, 6.07) is 10.2. The van der Waals surface area contributed by atoms with Gasteiger partial charge in [0.1, 0.15) is 0 Å². The molecule has 1 aliphatic heterocycles. The average Bonchev–Trinajstić information content (AvgIpc) is 2.52. The van der Waals surface area contributed by atoms with Gasteiger partial charge in [-0.15, -0.1) is 24.0 Å². The van der Waals surface area contributed by atoms with Gasteiger partial charge in [-0.2, -0.15) is 0 Å². The van der Waals surface area contributed by atoms with Crippen LogP contribution in [-0.2, 0) is 6.54 Å². The van der Waals surface area contributed by atoms with Crippen molar-refractivity contribution in [3.05, 3.63) is 42.1 Å². The van der Waals surface area contributed by atoms with Crippen LogP contribution >= 0.6 is 24.0 Å². The van der Waals surface area contributed by atoms with Gasteiger partial charge < -0.3 is 10.6 Å². The maximum Gasteiger partial charge on any atom is 0.191 e. The van der Waals surface area contributed by atoms with Crippen LogP contribution in [-0.4, -0.2) is 28.9 Å². The summed E-state index contributed by atoms with van der Waals surface area (Å²) in [7, 11) is 0. The molecule has 2 heterocycles. The van der Waals surface area contributed by atoms with Gasteiger partial charge in [-0.25, -0.2) is 4.99 Å². The summed E-state index contributed by atoms with van der Waals surface area (Å²) in [6.07, 6.45) is 4.33. The van der Waals surface area contributed by atoms with Gasteiger partial charge in [-0.3, -0.25) is 4.98 Å². The second-order valence-corrected chi connectivity index (χ2v) is 5.86. The van der Waals surface area contributed by atoms with Crippen molar-refractivity contribution >= 4 is 40.8 Å². The number of likely N-dealkylation sites (tertiary alicyclic amines) is 1. The topological polar surface area (TPSA) is 54.5 Å². The van der Waals surface area contributed by atoms with Gasteiger partial charge in [-0.05, 0) is 36.5 Å². The van der Waals surface area contributed by atoms with Crippen molar-refractivity contribution in [3.8, 4) is 0 Å². The number of aliphatic imine (C=N–C) groups is 1. The quantitative estimate of drug-likeness (QED) is 0.469. The smallest absolute Gasteiger partial charge is 0.191 e. The minimum atomic E-state index is 0. The Morgan fingerprint density at radius 2 is 2.18 bits per heavy atom. The number of aromatic nitrogens is 1. The lowest BCUT2D eigenvalue weighted by atomic mass is 10.0. The van der Waals surface area contributed by atoms with E-state index in [0.717, 1.165) is 24.0 Å². The summed E-state index contributed by atoms with van der Waals surface area (Å²) in [5.74, 6) is 1.37. The lowest BCUT2D eigenvalue weighted by molar-refractivity contribution is 0.270. The van der Waals surface area contributed by atoms with Gasteiger partial charge in [0, 0.05) is 24.7 Å². The molecule has 1 unspecified atom stereocenters. The average molecular weight is 410 g/mol. The van der Waals surface area contributed by atoms with Gasteiger partial charge >= 0.3 is 0 Å². The van der Waals surface area contributed by atoms with Crippen LogP contribution in [0.4, 0.5) is 0 Å². The highest BCUT2D eigenvalue weighted by Crippen LogP contribution is 2.18. The molecule has 118 valence electrons. The first-order chi connectivity index (χ1) is 10.2. The predicted molar refractivity (Wildman–Crippen MR) is 102 cm³/mol. The Hall–Kier alpha value is -1.37.